The molecule has 47 heavy (non-hydrogen) atoms. The number of amides is 1. The van der Waals surface area contributed by atoms with Crippen LogP contribution in [0.1, 0.15) is 62.5 Å². The van der Waals surface area contributed by atoms with Crippen molar-refractivity contribution >= 4 is 27.5 Å². The number of ether oxygens (including phenoxy) is 2. The molecule has 2 saturated heterocycles. The molecule has 1 amide bonds. The minimum absolute atomic E-state index is 0.00199. The number of rotatable bonds is 7. The topological polar surface area (TPSA) is 122 Å². The van der Waals surface area contributed by atoms with Crippen molar-refractivity contribution < 1.29 is 32.3 Å². The number of fused-ring (bicyclic) bond motifs is 4. The van der Waals surface area contributed by atoms with Crippen LogP contribution in [-0.4, -0.2) is 92.3 Å². The van der Waals surface area contributed by atoms with Crippen LogP contribution in [0.25, 0.3) is 0 Å². The molecule has 11 heteroatoms. The molecule has 2 aromatic rings. The maximum atomic E-state index is 14.2. The summed E-state index contributed by atoms with van der Waals surface area (Å²) in [6.07, 6.45) is 5.95. The summed E-state index contributed by atoms with van der Waals surface area (Å²) in [7, 11) is -3.62. The predicted molar refractivity (Wildman–Crippen MR) is 178 cm³/mol. The van der Waals surface area contributed by atoms with E-state index in [0.717, 1.165) is 49.9 Å². The van der Waals surface area contributed by atoms with Gasteiger partial charge < -0.3 is 14.8 Å². The Hall–Kier alpha value is -3.12. The monoisotopic (exact) mass is 665 g/mol. The van der Waals surface area contributed by atoms with E-state index in [1.54, 1.807) is 0 Å². The lowest BCUT2D eigenvalue weighted by molar-refractivity contribution is -0.133. The third-order valence-corrected chi connectivity index (χ3v) is 12.1. The highest BCUT2D eigenvalue weighted by atomic mass is 32.2. The third kappa shape index (κ3) is 8.87. The maximum Gasteiger partial charge on any atom is 0.224 e. The Morgan fingerprint density at radius 1 is 0.872 bits per heavy atom. The van der Waals surface area contributed by atoms with Crippen molar-refractivity contribution in [1.29, 1.82) is 0 Å². The Labute approximate surface area is 278 Å². The summed E-state index contributed by atoms with van der Waals surface area (Å²) in [5.41, 5.74) is 1.65. The molecule has 3 atom stereocenters. The van der Waals surface area contributed by atoms with Crippen LogP contribution < -0.4 is 10.1 Å². The minimum atomic E-state index is -3.62. The molecule has 1 N–H and O–H groups in total. The highest BCUT2D eigenvalue weighted by Gasteiger charge is 2.40. The quantitative estimate of drug-likeness (QED) is 0.473. The van der Waals surface area contributed by atoms with Gasteiger partial charge >= 0.3 is 0 Å². The van der Waals surface area contributed by atoms with E-state index >= 15 is 0 Å². The Balaban J connectivity index is 1.34. The fraction of sp³-hybridized carbons (Fsp3) is 0.583. The summed E-state index contributed by atoms with van der Waals surface area (Å²) >= 11 is 0. The van der Waals surface area contributed by atoms with Gasteiger partial charge in [-0.1, -0.05) is 49.9 Å². The van der Waals surface area contributed by atoms with Gasteiger partial charge in [-0.05, 0) is 73.5 Å². The molecule has 6 rings (SSSR count). The Kier molecular flexibility index (Phi) is 11.1. The standard InChI is InChI=1S/C36H47N3O7S/c40-34(24-26-6-1-2-7-26)32-22-27-8-3-10-30(20-27)46-31-11-4-9-28(21-31)23-33(39-13-5-19-47(39,43)44)35(41)25-29(36(42)37-32)12-14-38-15-17-45-18-16-38/h3-4,8-11,20-21,26,29,32-33H,1-2,5-7,12-19,22-25H2,(H,37,42)/t29-,32+,33+/m1/s1. The summed E-state index contributed by atoms with van der Waals surface area (Å²) in [5, 5.41) is 3.09. The molecular weight excluding hydrogens is 618 g/mol. The summed E-state index contributed by atoms with van der Waals surface area (Å²) in [6, 6.07) is 13.3. The van der Waals surface area contributed by atoms with Gasteiger partial charge in [0.15, 0.2) is 11.6 Å². The minimum Gasteiger partial charge on any atom is -0.457 e. The number of ketones is 2. The summed E-state index contributed by atoms with van der Waals surface area (Å²) in [5.74, 6) is 0.172. The van der Waals surface area contributed by atoms with Crippen LogP contribution in [0.4, 0.5) is 0 Å². The van der Waals surface area contributed by atoms with Gasteiger partial charge in [-0.25, -0.2) is 8.42 Å². The fourth-order valence-corrected chi connectivity index (χ4v) is 9.21. The zero-order chi connectivity index (χ0) is 32.8. The van der Waals surface area contributed by atoms with Crippen LogP contribution in [0, 0.1) is 11.8 Å². The van der Waals surface area contributed by atoms with Crippen LogP contribution in [0.15, 0.2) is 48.5 Å². The zero-order valence-corrected chi connectivity index (χ0v) is 27.9. The molecule has 0 spiro atoms. The SMILES string of the molecule is O=C1N[C@H](C(=O)CC2CCCC2)Cc2cccc(c2)Oc2cccc(c2)C[C@H](N2CCCS2(=O)=O)C(=O)C[C@H]1CCN1CCOCC1. The van der Waals surface area contributed by atoms with E-state index in [9.17, 15) is 22.8 Å². The zero-order valence-electron chi connectivity index (χ0n) is 27.1. The maximum absolute atomic E-state index is 14.2. The van der Waals surface area contributed by atoms with Gasteiger partial charge in [0.1, 0.15) is 11.5 Å². The molecule has 4 bridgehead atoms. The molecule has 3 aliphatic heterocycles. The van der Waals surface area contributed by atoms with E-state index in [-0.39, 0.29) is 42.6 Å². The normalized spacial score (nSPS) is 26.5. The summed E-state index contributed by atoms with van der Waals surface area (Å²) in [4.78, 5) is 44.5. The van der Waals surface area contributed by atoms with Gasteiger partial charge in [-0.2, -0.15) is 4.31 Å². The van der Waals surface area contributed by atoms with Crippen molar-refractivity contribution in [3.63, 3.8) is 0 Å². The highest BCUT2D eigenvalue weighted by molar-refractivity contribution is 7.89. The number of morpholine rings is 1. The first-order valence-corrected chi connectivity index (χ1v) is 18.9. The van der Waals surface area contributed by atoms with Crippen LogP contribution in [0.5, 0.6) is 11.5 Å². The van der Waals surface area contributed by atoms with Crippen molar-refractivity contribution in [3.05, 3.63) is 59.7 Å². The molecule has 3 fully saturated rings. The number of carbonyl (C=O) groups excluding carboxylic acids is 3. The molecule has 254 valence electrons. The Morgan fingerprint density at radius 2 is 1.55 bits per heavy atom. The third-order valence-electron chi connectivity index (χ3n) is 10.1. The molecule has 0 aromatic heterocycles. The fourth-order valence-electron chi connectivity index (χ4n) is 7.50. The second kappa shape index (κ2) is 15.4. The van der Waals surface area contributed by atoms with Crippen molar-refractivity contribution in [2.24, 2.45) is 11.8 Å². The van der Waals surface area contributed by atoms with Gasteiger partial charge in [0.05, 0.1) is 31.1 Å². The lowest BCUT2D eigenvalue weighted by Crippen LogP contribution is -2.48. The van der Waals surface area contributed by atoms with E-state index in [4.69, 9.17) is 9.47 Å². The number of benzene rings is 2. The highest BCUT2D eigenvalue weighted by Crippen LogP contribution is 2.30. The second-order valence-corrected chi connectivity index (χ2v) is 15.6. The predicted octanol–water partition coefficient (Wildman–Crippen LogP) is 3.91. The van der Waals surface area contributed by atoms with Gasteiger partial charge in [0.2, 0.25) is 15.9 Å². The molecular formula is C36H47N3O7S. The van der Waals surface area contributed by atoms with Crippen molar-refractivity contribution in [3.8, 4) is 11.5 Å². The Bertz CT molecular complexity index is 1530. The number of nitrogens with one attached hydrogen (secondary N) is 1. The van der Waals surface area contributed by atoms with Crippen LogP contribution in [0.2, 0.25) is 0 Å². The van der Waals surface area contributed by atoms with Gasteiger partial charge in [0.25, 0.3) is 0 Å². The molecule has 1 aliphatic carbocycles. The van der Waals surface area contributed by atoms with Crippen LogP contribution in [0.3, 0.4) is 0 Å². The number of sulfonamides is 1. The molecule has 1 saturated carbocycles. The smallest absolute Gasteiger partial charge is 0.224 e. The number of hydrogen-bond acceptors (Lipinski definition) is 8. The van der Waals surface area contributed by atoms with E-state index in [1.807, 2.05) is 48.5 Å². The molecule has 10 nitrogen and oxygen atoms in total. The van der Waals surface area contributed by atoms with Crippen LogP contribution >= 0.6 is 0 Å². The number of Topliss-reactive ketones (excluding diaryl/α,β-unsaturated/α-hetero) is 2. The molecule has 0 radical (unpaired) electrons. The summed E-state index contributed by atoms with van der Waals surface area (Å²) in [6.45, 7) is 3.59. The largest absolute Gasteiger partial charge is 0.457 e. The van der Waals surface area contributed by atoms with E-state index < -0.39 is 28.0 Å². The Morgan fingerprint density at radius 3 is 2.21 bits per heavy atom. The van der Waals surface area contributed by atoms with Gasteiger partial charge in [-0.3, -0.25) is 19.3 Å². The van der Waals surface area contributed by atoms with E-state index in [2.05, 4.69) is 10.2 Å². The van der Waals surface area contributed by atoms with Crippen LogP contribution in [-0.2, 0) is 42.0 Å². The first-order valence-electron chi connectivity index (χ1n) is 17.2. The molecule has 0 unspecified atom stereocenters. The molecule has 2 aromatic carbocycles. The second-order valence-electron chi connectivity index (χ2n) is 13.6. The first kappa shape index (κ1) is 33.8. The summed E-state index contributed by atoms with van der Waals surface area (Å²) < 4.78 is 39.3. The van der Waals surface area contributed by atoms with Crippen molar-refractivity contribution in [1.82, 2.24) is 14.5 Å². The molecule has 4 aliphatic rings. The van der Waals surface area contributed by atoms with Crippen molar-refractivity contribution in [2.75, 3.05) is 45.1 Å². The van der Waals surface area contributed by atoms with Crippen molar-refractivity contribution in [2.45, 2.75) is 76.3 Å². The average molecular weight is 666 g/mol. The van der Waals surface area contributed by atoms with Gasteiger partial charge in [0, 0.05) is 38.4 Å². The number of carbonyl (C=O) groups is 3. The lowest BCUT2D eigenvalue weighted by Gasteiger charge is -2.30. The first-order chi connectivity index (χ1) is 22.7. The van der Waals surface area contributed by atoms with E-state index in [1.165, 1.54) is 4.31 Å². The number of nitrogens with zero attached hydrogens (tertiary/aromatic N) is 2. The van der Waals surface area contributed by atoms with E-state index in [0.29, 0.717) is 62.9 Å². The lowest BCUT2D eigenvalue weighted by atomic mass is 9.90. The average Bonchev–Trinajstić information content (AvgIpc) is 3.70. The van der Waals surface area contributed by atoms with Gasteiger partial charge in [-0.15, -0.1) is 0 Å². The molecule has 3 heterocycles. The number of hydrogen-bond donors (Lipinski definition) is 1.